The minimum Gasteiger partial charge on any atom is -0.0762 e. The van der Waals surface area contributed by atoms with Crippen molar-refractivity contribution in [1.29, 1.82) is 0 Å². The van der Waals surface area contributed by atoms with Gasteiger partial charge < -0.3 is 12.3 Å². The fraction of sp³-hybridized carbons (Fsp3) is 0.0147. The molecule has 8 aromatic rings. The first kappa shape index (κ1) is 76.5. The largest absolute Gasteiger partial charge is 2.00 e. The van der Waals surface area contributed by atoms with E-state index >= 15 is 0 Å². The molecule has 79 heavy (non-hydrogen) atoms. The van der Waals surface area contributed by atoms with Gasteiger partial charge in [0.2, 0.25) is 0 Å². The fourth-order valence-electron chi connectivity index (χ4n) is 7.32. The molecule has 0 unspecified atom stereocenters. The number of hydrogen-bond acceptors (Lipinski definition) is 0. The molecule has 11 heteroatoms. The maximum absolute atomic E-state index is 7.59. The quantitative estimate of drug-likeness (QED) is 0.0473. The monoisotopic (exact) mass is 1240 g/mol. The van der Waals surface area contributed by atoms with E-state index in [0.717, 1.165) is 11.1 Å². The average molecular weight is 1240 g/mol. The normalized spacial score (nSPS) is 10.5. The van der Waals surface area contributed by atoms with Gasteiger partial charge in [-0.05, 0) is 78.1 Å². The third kappa shape index (κ3) is 25.3. The topological polar surface area (TPSA) is 119 Å². The molecule has 2 aliphatic carbocycles. The second-order valence-corrected chi connectivity index (χ2v) is 19.0. The van der Waals surface area contributed by atoms with Crippen LogP contribution >= 0.6 is 15.8 Å². The Morgan fingerprint density at radius 2 is 0.519 bits per heavy atom. The van der Waals surface area contributed by atoms with Crippen molar-refractivity contribution in [3.05, 3.63) is 356 Å². The Balaban J connectivity index is -0.000000920. The Morgan fingerprint density at radius 3 is 0.696 bits per heavy atom. The second kappa shape index (κ2) is 49.6. The first-order valence-electron chi connectivity index (χ1n) is 22.5. The molecule has 1 saturated carbocycles. The molecule has 0 N–H and O–H groups in total. The van der Waals surface area contributed by atoms with Gasteiger partial charge in [-0.1, -0.05) is 273 Å². The summed E-state index contributed by atoms with van der Waals surface area (Å²) >= 11 is 0. The van der Waals surface area contributed by atoms with Gasteiger partial charge in [0.1, 0.15) is 5.41 Å². The molecule has 0 spiro atoms. The van der Waals surface area contributed by atoms with Crippen molar-refractivity contribution in [2.24, 2.45) is 0 Å². The van der Waals surface area contributed by atoms with Crippen molar-refractivity contribution < 1.29 is 80.9 Å². The van der Waals surface area contributed by atoms with Gasteiger partial charge in [-0.2, -0.15) is 0 Å². The van der Waals surface area contributed by atoms with Crippen LogP contribution in [-0.2, 0) is 86.4 Å². The van der Waals surface area contributed by atoms with Gasteiger partial charge in [-0.3, -0.25) is 0 Å². The number of rotatable bonds is 8. The minimum atomic E-state index is -0.886. The molecule has 7 radical (unpaired) electrons. The number of benzene rings is 8. The smallest absolute Gasteiger partial charge is 0.0762 e. The molecule has 8 aromatic carbocycles. The van der Waals surface area contributed by atoms with E-state index in [1.54, 1.807) is 0 Å². The summed E-state index contributed by atoms with van der Waals surface area (Å²) in [6, 6.07) is 83.9. The maximum atomic E-state index is 7.59. The maximum Gasteiger partial charge on any atom is 2.00 e. The summed E-state index contributed by atoms with van der Waals surface area (Å²) in [4.78, 5) is 0. The average Bonchev–Trinajstić information content (AvgIpc) is 4.03. The van der Waals surface area contributed by atoms with Crippen LogP contribution in [0.25, 0.3) is 0 Å². The van der Waals surface area contributed by atoms with Crippen LogP contribution in [-0.4, -0.2) is 0 Å². The predicted molar refractivity (Wildman–Crippen MR) is 301 cm³/mol. The third-order valence-electron chi connectivity index (χ3n) is 10.5. The summed E-state index contributed by atoms with van der Waals surface area (Å²) in [5.41, 5.74) is 0.898. The van der Waals surface area contributed by atoms with Gasteiger partial charge in [0, 0.05) is 45.4 Å². The first-order valence-corrected chi connectivity index (χ1v) is 25.1. The zero-order valence-corrected chi connectivity index (χ0v) is 47.7. The predicted octanol–water partition coefficient (Wildman–Crippen LogP) is 11.7. The Morgan fingerprint density at radius 1 is 0.329 bits per heavy atom. The van der Waals surface area contributed by atoms with Crippen LogP contribution in [0.5, 0.6) is 0 Å². The van der Waals surface area contributed by atoms with E-state index in [9.17, 15) is 0 Å². The molecule has 0 atom stereocenters. The molecule has 0 heterocycles. The van der Waals surface area contributed by atoms with Crippen LogP contribution in [0.2, 0.25) is 0 Å². The van der Waals surface area contributed by atoms with Crippen LogP contribution in [0, 0.1) is 95.7 Å². The molecule has 2 aliphatic rings. The SMILES string of the molecule is [C-]#CC(C#C)(c1ccccc1)c1ccccc1.[C-]#[O+].[C-]#[O+].[C-]#[O+].[C-]#[O+].[C-]#[O+].[C-]#[O+].[CH]1[CH][C]2C=CC=C[C]2[CH]1.[Co].[Co].[Ru+2].c1ccc(P(c2ccccc2)c2ccccc2)cc1.c1ccc(P(c2ccccc2)c2ccccc2)cc1. The van der Waals surface area contributed by atoms with E-state index in [0.29, 0.717) is 0 Å². The Bertz CT molecular complexity index is 2610. The molecule has 0 aromatic heterocycles. The molecule has 0 saturated heterocycles. The summed E-state index contributed by atoms with van der Waals surface area (Å²) in [7, 11) is -0.892. The van der Waals surface area contributed by atoms with Crippen molar-refractivity contribution >= 4 is 47.7 Å². The molecule has 1 fully saturated rings. The minimum absolute atomic E-state index is 0. The fourth-order valence-corrected chi connectivity index (χ4v) is 11.9. The molecule has 0 bridgehead atoms. The van der Waals surface area contributed by atoms with Gasteiger partial charge in [0.25, 0.3) is 0 Å². The molecule has 0 amide bonds. The summed E-state index contributed by atoms with van der Waals surface area (Å²) in [6.07, 6.45) is 27.9. The number of hydrogen-bond donors (Lipinski definition) is 0. The summed E-state index contributed by atoms with van der Waals surface area (Å²) < 4.78 is 45.0. The van der Waals surface area contributed by atoms with Gasteiger partial charge >= 0.3 is 87.3 Å². The van der Waals surface area contributed by atoms with Crippen molar-refractivity contribution in [1.82, 2.24) is 0 Å². The van der Waals surface area contributed by atoms with Gasteiger partial charge in [-0.15, -0.1) is 6.42 Å². The van der Waals surface area contributed by atoms with E-state index in [4.69, 9.17) is 40.8 Å². The van der Waals surface area contributed by atoms with Crippen molar-refractivity contribution in [2.45, 2.75) is 5.41 Å². The molecule has 391 valence electrons. The van der Waals surface area contributed by atoms with E-state index in [1.807, 2.05) is 60.7 Å². The second-order valence-electron chi connectivity index (χ2n) is 14.6. The Labute approximate surface area is 504 Å². The van der Waals surface area contributed by atoms with Crippen molar-refractivity contribution in [3.8, 4) is 18.3 Å². The van der Waals surface area contributed by atoms with Crippen LogP contribution in [0.15, 0.2) is 267 Å². The summed E-state index contributed by atoms with van der Waals surface area (Å²) in [5, 5.41) is 8.39. The number of allylic oxidation sites excluding steroid dienone is 4. The Kier molecular flexibility index (Phi) is 48.0. The third-order valence-corrected chi connectivity index (χ3v) is 15.3. The molecule has 10 rings (SSSR count). The van der Waals surface area contributed by atoms with E-state index in [2.05, 4.69) is 277 Å². The molecule has 0 aliphatic heterocycles. The van der Waals surface area contributed by atoms with Gasteiger partial charge in [-0.25, -0.2) is 0 Å². The van der Waals surface area contributed by atoms with Gasteiger partial charge in [0.15, 0.2) is 0 Å². The summed E-state index contributed by atoms with van der Waals surface area (Å²) in [5.74, 6) is 7.87. The molecule has 6 nitrogen and oxygen atoms in total. The zero-order chi connectivity index (χ0) is 56.1. The van der Waals surface area contributed by atoms with Crippen LogP contribution in [0.4, 0.5) is 0 Å². The van der Waals surface area contributed by atoms with Crippen molar-refractivity contribution in [2.75, 3.05) is 0 Å². The standard InChI is InChI=1S/2C18H15P.C17H11.C9H7.6CO.2Co.Ru/c2*1-4-10-16(11-5-1)19(17-12-6-2-7-13-17)18-14-8-3-9-15-18;1-3-17(4-2,15-11-7-5-8-12-15)16-13-9-6-10-14-16;1-2-5-9-7-3-6-8(9)4-1;6*1-2;;;/h2*1-15H;1,5-14H;1-7H;;;;;;;;;/q;;-1;;;;;;;;;;+2. The van der Waals surface area contributed by atoms with Crippen LogP contribution < -0.4 is 31.8 Å². The van der Waals surface area contributed by atoms with Crippen molar-refractivity contribution in [3.63, 3.8) is 0 Å². The molecular weight excluding hydrogens is 1190 g/mol. The van der Waals surface area contributed by atoms with E-state index < -0.39 is 21.3 Å². The van der Waals surface area contributed by atoms with Crippen LogP contribution in [0.3, 0.4) is 0 Å². The number of fused-ring (bicyclic) bond motifs is 1. The Hall–Kier alpha value is -6.70. The summed E-state index contributed by atoms with van der Waals surface area (Å²) in [6.45, 7) is 27.0. The molecular formula is C68H48Co2O6P2Ru+. The van der Waals surface area contributed by atoms with Crippen LogP contribution in [0.1, 0.15) is 11.1 Å². The van der Waals surface area contributed by atoms with E-state index in [-0.39, 0.29) is 53.0 Å². The first-order chi connectivity index (χ1) is 37.7. The number of terminal acetylenes is 1. The van der Waals surface area contributed by atoms with E-state index in [1.165, 1.54) is 43.7 Å². The van der Waals surface area contributed by atoms with Gasteiger partial charge in [0.05, 0.1) is 0 Å². The zero-order valence-electron chi connectivity index (χ0n) is 42.1.